The molecule has 8 fully saturated rings. The number of nitrogens with one attached hydrogen (secondary N) is 7. The van der Waals surface area contributed by atoms with Crippen molar-refractivity contribution in [3.63, 3.8) is 0 Å². The Kier molecular flexibility index (Phi) is 20.7. The highest BCUT2D eigenvalue weighted by Crippen LogP contribution is 2.47. The molecule has 0 spiro atoms. The van der Waals surface area contributed by atoms with Crippen LogP contribution in [0.1, 0.15) is 152 Å². The molecule has 10 N–H and O–H groups in total. The molecule has 0 radical (unpaired) electrons. The van der Waals surface area contributed by atoms with Gasteiger partial charge in [-0.3, -0.25) is 62.6 Å². The van der Waals surface area contributed by atoms with E-state index in [1.165, 1.54) is 58.9 Å². The van der Waals surface area contributed by atoms with Crippen LogP contribution in [0.5, 0.6) is 0 Å². The monoisotopic (exact) mass is 1300 g/mol. The van der Waals surface area contributed by atoms with E-state index in [4.69, 9.17) is 10.8 Å². The molecule has 4 heterocycles. The van der Waals surface area contributed by atoms with Gasteiger partial charge in [-0.05, 0) is 124 Å². The third-order valence-corrected chi connectivity index (χ3v) is 21.3. The summed E-state index contributed by atoms with van der Waals surface area (Å²) in [4.78, 5) is 141. The molecular formula is C62H86N12O15S2. The molecule has 0 aromatic carbocycles. The number of rotatable bonds is 23. The van der Waals surface area contributed by atoms with Crippen molar-refractivity contribution >= 4 is 79.2 Å². The lowest BCUT2D eigenvalue weighted by Gasteiger charge is -2.35. The number of nitrogens with zero attached hydrogens (tertiary/aromatic N) is 4. The lowest BCUT2D eigenvalue weighted by Crippen LogP contribution is -2.60. The predicted octanol–water partition coefficient (Wildman–Crippen LogP) is 1.48. The number of aromatic nitrogens is 2. The normalized spacial score (nSPS) is 26.4. The van der Waals surface area contributed by atoms with Crippen LogP contribution < -0.4 is 41.8 Å². The average Bonchev–Trinajstić information content (AvgIpc) is 1.59. The Hall–Kier alpha value is -7.66. The minimum atomic E-state index is -3.87. The van der Waals surface area contributed by atoms with Crippen molar-refractivity contribution in [3.8, 4) is 0 Å². The standard InChI is InChI=1S/C31H42N6O7S.C25H39N5O6S.C6H5NO2/c1-5-20-16-31(20,29(42)36-45(43,44)22-8-9-22)35-27(40)23-15-21(33-26(39)19-10-12-32-13-11-19)17-37(23)28(41)25(30(2,3)4)34-24(38)14-18-6-7-18;1-5-15-12-25(15,23(34)29-37(35,36)17-8-9-17)28-21(32)18-11-16(26)13-30(18)22(33)20(24(2,3)4)27-19(31)10-14-6-7-14;8-6(9)5-1-3-7-4-2-5/h5,10-13,18,20-23,25H,1,6-9,14-17H2,2-4H3,(H,33,39)(H,34,38)(H,35,40)(H,36,42);5,14-18,20H,1,6-13,26H2,2-4H3,(H,27,31)(H,28,32)(H,29,34);1-4H,(H,8,9)/t20?,21-,23+,25-,31?;15?,16-,18+,20-,25?;/m11./s1. The highest BCUT2D eigenvalue weighted by Gasteiger charge is 2.63. The quantitative estimate of drug-likeness (QED) is 0.0711. The summed E-state index contributed by atoms with van der Waals surface area (Å²) in [5, 5.41) is 21.2. The van der Waals surface area contributed by atoms with Gasteiger partial charge in [0, 0.05) is 80.2 Å². The van der Waals surface area contributed by atoms with Crippen LogP contribution in [0.4, 0.5) is 0 Å². The van der Waals surface area contributed by atoms with Gasteiger partial charge in [-0.25, -0.2) is 21.6 Å². The van der Waals surface area contributed by atoms with Gasteiger partial charge in [0.2, 0.25) is 55.5 Å². The molecule has 2 aromatic rings. The lowest BCUT2D eigenvalue weighted by atomic mass is 9.85. The number of carbonyl (C=O) groups is 10. The van der Waals surface area contributed by atoms with Crippen LogP contribution in [0.15, 0.2) is 74.4 Å². The second-order valence-electron chi connectivity index (χ2n) is 27.6. The first-order valence-corrected chi connectivity index (χ1v) is 34.0. The zero-order chi connectivity index (χ0) is 66.8. The average molecular weight is 1300 g/mol. The molecule has 10 atom stereocenters. The van der Waals surface area contributed by atoms with Crippen molar-refractivity contribution in [1.29, 1.82) is 0 Å². The third-order valence-electron chi connectivity index (χ3n) is 17.7. The number of hydrogen-bond donors (Lipinski definition) is 9. The summed E-state index contributed by atoms with van der Waals surface area (Å²) in [6.07, 6.45) is 16.0. The van der Waals surface area contributed by atoms with Gasteiger partial charge in [0.25, 0.3) is 17.7 Å². The van der Waals surface area contributed by atoms with E-state index in [-0.39, 0.29) is 56.2 Å². The largest absolute Gasteiger partial charge is 0.478 e. The molecule has 8 aliphatic rings. The van der Waals surface area contributed by atoms with Crippen LogP contribution in [0.25, 0.3) is 0 Å². The number of amides is 9. The Bertz CT molecular complexity index is 3400. The van der Waals surface area contributed by atoms with Crippen molar-refractivity contribution in [3.05, 3.63) is 85.5 Å². The lowest BCUT2D eigenvalue weighted by molar-refractivity contribution is -0.144. The molecule has 29 heteroatoms. The molecule has 4 unspecified atom stereocenters. The van der Waals surface area contributed by atoms with E-state index < -0.39 is 148 Å². The predicted molar refractivity (Wildman–Crippen MR) is 331 cm³/mol. The Labute approximate surface area is 530 Å². The van der Waals surface area contributed by atoms with E-state index in [0.29, 0.717) is 55.9 Å². The van der Waals surface area contributed by atoms with Gasteiger partial charge >= 0.3 is 5.97 Å². The first-order valence-electron chi connectivity index (χ1n) is 30.9. The van der Waals surface area contributed by atoms with Crippen LogP contribution in [-0.2, 0) is 58.4 Å². The molecule has 9 amide bonds. The summed E-state index contributed by atoms with van der Waals surface area (Å²) in [7, 11) is -7.68. The Morgan fingerprint density at radius 2 is 1.00 bits per heavy atom. The minimum absolute atomic E-state index is 0.0149. The maximum Gasteiger partial charge on any atom is 0.335 e. The molecule has 6 aliphatic carbocycles. The molecule has 10 rings (SSSR count). The number of carbonyl (C=O) groups excluding carboxylic acids is 9. The number of hydrogen-bond acceptors (Lipinski definition) is 17. The zero-order valence-corrected chi connectivity index (χ0v) is 53.9. The van der Waals surface area contributed by atoms with Gasteiger partial charge in [-0.1, -0.05) is 53.7 Å². The Morgan fingerprint density at radius 3 is 1.34 bits per heavy atom. The maximum atomic E-state index is 14.2. The molecule has 27 nitrogen and oxygen atoms in total. The molecule has 496 valence electrons. The number of carboxylic acid groups (broad SMARTS) is 1. The Balaban J connectivity index is 0.000000209. The molecule has 6 saturated carbocycles. The molecular weight excluding hydrogens is 1220 g/mol. The van der Waals surface area contributed by atoms with Gasteiger partial charge in [-0.15, -0.1) is 13.2 Å². The summed E-state index contributed by atoms with van der Waals surface area (Å²) >= 11 is 0. The van der Waals surface area contributed by atoms with Crippen LogP contribution in [-0.4, -0.2) is 172 Å². The van der Waals surface area contributed by atoms with Crippen molar-refractivity contribution in [2.75, 3.05) is 13.1 Å². The van der Waals surface area contributed by atoms with E-state index in [0.717, 1.165) is 25.7 Å². The third kappa shape index (κ3) is 17.5. The number of pyridine rings is 2. The van der Waals surface area contributed by atoms with Crippen LogP contribution in [0, 0.1) is 34.5 Å². The van der Waals surface area contributed by atoms with Gasteiger partial charge in [-0.2, -0.15) is 0 Å². The first-order chi connectivity index (χ1) is 42.6. The van der Waals surface area contributed by atoms with Crippen LogP contribution >= 0.6 is 0 Å². The smallest absolute Gasteiger partial charge is 0.335 e. The fourth-order valence-electron chi connectivity index (χ4n) is 11.3. The molecule has 91 heavy (non-hydrogen) atoms. The van der Waals surface area contributed by atoms with E-state index in [2.05, 4.69) is 59.2 Å². The summed E-state index contributed by atoms with van der Waals surface area (Å²) in [6.45, 7) is 18.5. The zero-order valence-electron chi connectivity index (χ0n) is 52.3. The fourth-order valence-corrected chi connectivity index (χ4v) is 14.1. The highest BCUT2D eigenvalue weighted by atomic mass is 32.2. The number of aromatic carboxylic acids is 1. The van der Waals surface area contributed by atoms with E-state index in [1.54, 1.807) is 12.1 Å². The van der Waals surface area contributed by atoms with Gasteiger partial charge in [0.05, 0.1) is 16.1 Å². The summed E-state index contributed by atoms with van der Waals surface area (Å²) in [5.74, 6) is -5.82. The van der Waals surface area contributed by atoms with E-state index >= 15 is 0 Å². The van der Waals surface area contributed by atoms with Gasteiger partial charge in [0.15, 0.2) is 0 Å². The topological polar surface area (TPSA) is 402 Å². The van der Waals surface area contributed by atoms with E-state index in [9.17, 15) is 64.8 Å². The SMILES string of the molecule is C=CC1CC1(NC(=O)[C@@H]1C[C@@H](N)CN1C(=O)[C@@H](NC(=O)CC1CC1)C(C)(C)C)C(=O)NS(=O)(=O)C1CC1.C=CC1CC1(NC(=O)[C@@H]1C[C@@H](NC(=O)c2ccncc2)CN1C(=O)[C@@H](NC(=O)CC1CC1)C(C)(C)C)C(=O)NS(=O)(=O)C1CC1.O=C(O)c1ccncc1. The summed E-state index contributed by atoms with van der Waals surface area (Å²) in [6, 6.07) is 1.01. The van der Waals surface area contributed by atoms with Crippen LogP contribution in [0.2, 0.25) is 0 Å². The second kappa shape index (κ2) is 27.3. The van der Waals surface area contributed by atoms with Crippen molar-refractivity contribution in [1.82, 2.24) is 55.8 Å². The van der Waals surface area contributed by atoms with Gasteiger partial charge < -0.3 is 47.2 Å². The van der Waals surface area contributed by atoms with Crippen molar-refractivity contribution in [2.45, 2.75) is 189 Å². The number of carboxylic acids is 1. The second-order valence-corrected chi connectivity index (χ2v) is 31.5. The number of likely N-dealkylation sites (tertiary alicyclic amines) is 2. The van der Waals surface area contributed by atoms with Gasteiger partial charge in [0.1, 0.15) is 35.2 Å². The molecule has 2 aromatic heterocycles. The number of nitrogens with two attached hydrogens (primary N) is 1. The maximum absolute atomic E-state index is 14.2. The highest BCUT2D eigenvalue weighted by molar-refractivity contribution is 7.91. The minimum Gasteiger partial charge on any atom is -0.478 e. The van der Waals surface area contributed by atoms with E-state index in [1.807, 2.05) is 41.5 Å². The number of sulfonamides is 2. The molecule has 0 bridgehead atoms. The van der Waals surface area contributed by atoms with Crippen LogP contribution in [0.3, 0.4) is 0 Å². The molecule has 2 saturated heterocycles. The summed E-state index contributed by atoms with van der Waals surface area (Å²) < 4.78 is 54.0. The molecule has 2 aliphatic heterocycles. The fraction of sp³-hybridized carbons (Fsp3) is 0.613. The van der Waals surface area contributed by atoms with Crippen molar-refractivity contribution < 1.29 is 69.9 Å². The first kappa shape index (κ1) is 69.2. The Morgan fingerprint density at radius 1 is 0.615 bits per heavy atom. The van der Waals surface area contributed by atoms with Crippen molar-refractivity contribution in [2.24, 2.45) is 40.2 Å². The summed E-state index contributed by atoms with van der Waals surface area (Å²) in [5.41, 5.74) is 2.48.